The minimum atomic E-state index is 0.373. The van der Waals surface area contributed by atoms with Gasteiger partial charge in [-0.2, -0.15) is 5.26 Å². The Hall–Kier alpha value is -1.56. The maximum atomic E-state index is 8.83. The van der Waals surface area contributed by atoms with Gasteiger partial charge in [-0.3, -0.25) is 0 Å². The lowest BCUT2D eigenvalue weighted by Crippen LogP contribution is -2.10. The predicted octanol–water partition coefficient (Wildman–Crippen LogP) is 2.47. The first kappa shape index (κ1) is 9.97. The molecule has 1 aliphatic carbocycles. The molecule has 2 rings (SSSR count). The Kier molecular flexibility index (Phi) is 2.15. The normalized spacial score (nSPS) is 21.9. The number of nitriles is 1. The van der Waals surface area contributed by atoms with E-state index in [1.807, 2.05) is 6.92 Å². The highest BCUT2D eigenvalue weighted by atomic mass is 15.1. The van der Waals surface area contributed by atoms with Gasteiger partial charge in [0.2, 0.25) is 0 Å². The van der Waals surface area contributed by atoms with E-state index in [1.54, 1.807) is 12.1 Å². The highest BCUT2D eigenvalue weighted by Gasteiger charge is 2.45. The summed E-state index contributed by atoms with van der Waals surface area (Å²) < 4.78 is 0. The molecular weight excluding hydrogens is 186 g/mol. The molecule has 0 amide bonds. The van der Waals surface area contributed by atoms with Gasteiger partial charge in [0.15, 0.2) is 0 Å². The number of anilines is 1. The van der Waals surface area contributed by atoms with Crippen LogP contribution in [0.5, 0.6) is 0 Å². The van der Waals surface area contributed by atoms with Crippen molar-refractivity contribution >= 4 is 5.82 Å². The van der Waals surface area contributed by atoms with Crippen LogP contribution >= 0.6 is 0 Å². The first-order valence-electron chi connectivity index (χ1n) is 5.16. The largest absolute Gasteiger partial charge is 0.367 e. The summed E-state index contributed by atoms with van der Waals surface area (Å²) in [5.74, 6) is 0.821. The molecule has 0 bridgehead atoms. The SMILES string of the molecule is Cc1cc(C#N)cc(NC2CC2(C)C)n1. The first-order valence-corrected chi connectivity index (χ1v) is 5.16. The first-order chi connectivity index (χ1) is 7.01. The molecular formula is C12H15N3. The standard InChI is InChI=1S/C12H15N3/c1-8-4-9(7-13)5-11(14-8)15-10-6-12(10,2)3/h4-5,10H,6H2,1-3H3,(H,14,15). The zero-order chi connectivity index (χ0) is 11.1. The molecule has 1 atom stereocenters. The van der Waals surface area contributed by atoms with Crippen molar-refractivity contribution in [2.24, 2.45) is 5.41 Å². The molecule has 15 heavy (non-hydrogen) atoms. The second kappa shape index (κ2) is 3.23. The fourth-order valence-electron chi connectivity index (χ4n) is 1.70. The van der Waals surface area contributed by atoms with E-state index in [-0.39, 0.29) is 0 Å². The summed E-state index contributed by atoms with van der Waals surface area (Å²) in [5.41, 5.74) is 1.93. The summed E-state index contributed by atoms with van der Waals surface area (Å²) in [6.07, 6.45) is 1.17. The van der Waals surface area contributed by atoms with E-state index in [0.29, 0.717) is 17.0 Å². The van der Waals surface area contributed by atoms with Gasteiger partial charge in [-0.25, -0.2) is 4.98 Å². The van der Waals surface area contributed by atoms with E-state index in [2.05, 4.69) is 30.2 Å². The summed E-state index contributed by atoms with van der Waals surface area (Å²) in [7, 11) is 0. The van der Waals surface area contributed by atoms with E-state index in [4.69, 9.17) is 5.26 Å². The summed E-state index contributed by atoms with van der Waals surface area (Å²) in [5, 5.41) is 12.2. The molecule has 0 aliphatic heterocycles. The number of aryl methyl sites for hydroxylation is 1. The Balaban J connectivity index is 2.16. The van der Waals surface area contributed by atoms with Gasteiger partial charge in [-0.05, 0) is 30.9 Å². The second-order valence-electron chi connectivity index (χ2n) is 4.88. The molecule has 1 aromatic heterocycles. The third-order valence-electron chi connectivity index (χ3n) is 2.92. The summed E-state index contributed by atoms with van der Waals surface area (Å²) in [6, 6.07) is 6.24. The van der Waals surface area contributed by atoms with Gasteiger partial charge in [0.25, 0.3) is 0 Å². The van der Waals surface area contributed by atoms with Crippen molar-refractivity contribution in [2.75, 3.05) is 5.32 Å². The molecule has 1 unspecified atom stereocenters. The molecule has 1 saturated carbocycles. The average molecular weight is 201 g/mol. The van der Waals surface area contributed by atoms with Crippen LogP contribution in [0.25, 0.3) is 0 Å². The van der Waals surface area contributed by atoms with Crippen LogP contribution < -0.4 is 5.32 Å². The Bertz CT molecular complexity index is 429. The topological polar surface area (TPSA) is 48.7 Å². The van der Waals surface area contributed by atoms with Crippen molar-refractivity contribution in [3.63, 3.8) is 0 Å². The third kappa shape index (κ3) is 2.10. The fraction of sp³-hybridized carbons (Fsp3) is 0.500. The average Bonchev–Trinajstić information content (AvgIpc) is 2.72. The molecule has 0 aromatic carbocycles. The summed E-state index contributed by atoms with van der Waals surface area (Å²) in [4.78, 5) is 4.37. The molecule has 1 aliphatic rings. The number of hydrogen-bond donors (Lipinski definition) is 1. The molecule has 1 N–H and O–H groups in total. The van der Waals surface area contributed by atoms with Gasteiger partial charge >= 0.3 is 0 Å². The molecule has 1 heterocycles. The number of nitrogens with zero attached hydrogens (tertiary/aromatic N) is 2. The number of nitrogens with one attached hydrogen (secondary N) is 1. The third-order valence-corrected chi connectivity index (χ3v) is 2.92. The van der Waals surface area contributed by atoms with Crippen molar-refractivity contribution in [3.05, 3.63) is 23.4 Å². The molecule has 0 saturated heterocycles. The zero-order valence-electron chi connectivity index (χ0n) is 9.33. The van der Waals surface area contributed by atoms with Crippen molar-refractivity contribution in [3.8, 4) is 6.07 Å². The molecule has 1 fully saturated rings. The Morgan fingerprint density at radius 1 is 1.53 bits per heavy atom. The quantitative estimate of drug-likeness (QED) is 0.799. The van der Waals surface area contributed by atoms with Crippen molar-refractivity contribution in [2.45, 2.75) is 33.2 Å². The van der Waals surface area contributed by atoms with E-state index in [0.717, 1.165) is 11.5 Å². The monoisotopic (exact) mass is 201 g/mol. The van der Waals surface area contributed by atoms with Crippen LogP contribution in [0.1, 0.15) is 31.5 Å². The Morgan fingerprint density at radius 2 is 2.20 bits per heavy atom. The highest BCUT2D eigenvalue weighted by molar-refractivity contribution is 5.46. The molecule has 78 valence electrons. The summed E-state index contributed by atoms with van der Waals surface area (Å²) >= 11 is 0. The van der Waals surface area contributed by atoms with Gasteiger partial charge in [-0.15, -0.1) is 0 Å². The van der Waals surface area contributed by atoms with Crippen LogP contribution in [0, 0.1) is 23.7 Å². The fourth-order valence-corrected chi connectivity index (χ4v) is 1.70. The van der Waals surface area contributed by atoms with E-state index in [9.17, 15) is 0 Å². The Morgan fingerprint density at radius 3 is 2.73 bits per heavy atom. The van der Waals surface area contributed by atoms with Crippen LogP contribution in [-0.2, 0) is 0 Å². The predicted molar refractivity (Wildman–Crippen MR) is 59.5 cm³/mol. The van der Waals surface area contributed by atoms with Gasteiger partial charge in [0.05, 0.1) is 11.6 Å². The molecule has 3 nitrogen and oxygen atoms in total. The number of pyridine rings is 1. The molecule has 0 radical (unpaired) electrons. The van der Waals surface area contributed by atoms with Crippen molar-refractivity contribution in [1.29, 1.82) is 5.26 Å². The second-order valence-corrected chi connectivity index (χ2v) is 4.88. The van der Waals surface area contributed by atoms with E-state index >= 15 is 0 Å². The minimum Gasteiger partial charge on any atom is -0.367 e. The highest BCUT2D eigenvalue weighted by Crippen LogP contribution is 2.46. The lowest BCUT2D eigenvalue weighted by Gasteiger charge is -2.08. The zero-order valence-corrected chi connectivity index (χ0v) is 9.33. The number of hydrogen-bond acceptors (Lipinski definition) is 3. The van der Waals surface area contributed by atoms with Gasteiger partial charge < -0.3 is 5.32 Å². The van der Waals surface area contributed by atoms with E-state index in [1.165, 1.54) is 6.42 Å². The lowest BCUT2D eigenvalue weighted by atomic mass is 10.2. The van der Waals surface area contributed by atoms with Crippen LogP contribution in [0.4, 0.5) is 5.82 Å². The number of aromatic nitrogens is 1. The van der Waals surface area contributed by atoms with E-state index < -0.39 is 0 Å². The maximum absolute atomic E-state index is 8.83. The Labute approximate surface area is 90.1 Å². The van der Waals surface area contributed by atoms with Crippen LogP contribution in [0.3, 0.4) is 0 Å². The molecule has 0 spiro atoms. The van der Waals surface area contributed by atoms with Crippen molar-refractivity contribution in [1.82, 2.24) is 4.98 Å². The summed E-state index contributed by atoms with van der Waals surface area (Å²) in [6.45, 7) is 6.36. The maximum Gasteiger partial charge on any atom is 0.127 e. The lowest BCUT2D eigenvalue weighted by molar-refractivity contribution is 0.630. The smallest absolute Gasteiger partial charge is 0.127 e. The van der Waals surface area contributed by atoms with Crippen LogP contribution in [0.15, 0.2) is 12.1 Å². The van der Waals surface area contributed by atoms with Crippen LogP contribution in [0.2, 0.25) is 0 Å². The minimum absolute atomic E-state index is 0.373. The van der Waals surface area contributed by atoms with Gasteiger partial charge in [0.1, 0.15) is 5.82 Å². The van der Waals surface area contributed by atoms with Crippen molar-refractivity contribution < 1.29 is 0 Å². The van der Waals surface area contributed by atoms with Gasteiger partial charge in [0, 0.05) is 11.7 Å². The molecule has 1 aromatic rings. The van der Waals surface area contributed by atoms with Crippen LogP contribution in [-0.4, -0.2) is 11.0 Å². The number of rotatable bonds is 2. The molecule has 3 heteroatoms. The van der Waals surface area contributed by atoms with Gasteiger partial charge in [-0.1, -0.05) is 13.8 Å².